The number of carboxylic acids is 1. The zero-order chi connectivity index (χ0) is 30.4. The minimum atomic E-state index is -1.03. The first-order valence-corrected chi connectivity index (χ1v) is 14.6. The highest BCUT2D eigenvalue weighted by atomic mass is 35.5. The second-order valence-corrected chi connectivity index (χ2v) is 11.3. The van der Waals surface area contributed by atoms with Crippen LogP contribution in [0.25, 0.3) is 68.6 Å². The predicted octanol–water partition coefficient (Wildman–Crippen LogP) is 9.41. The summed E-state index contributed by atoms with van der Waals surface area (Å²) in [7, 11) is 0. The summed E-state index contributed by atoms with van der Waals surface area (Å²) in [6.07, 6.45) is 7.44. The van der Waals surface area contributed by atoms with Crippen LogP contribution in [0.1, 0.15) is 22.8 Å². The molecule has 7 nitrogen and oxygen atoms in total. The molecule has 0 aliphatic carbocycles. The minimum Gasteiger partial charge on any atom is -0.482 e. The first-order valence-electron chi connectivity index (χ1n) is 13.5. The van der Waals surface area contributed by atoms with Crippen molar-refractivity contribution in [2.24, 2.45) is 0 Å². The number of aromatic amines is 2. The van der Waals surface area contributed by atoms with Gasteiger partial charge in [-0.2, -0.15) is 0 Å². The molecule has 0 radical (unpaired) electrons. The van der Waals surface area contributed by atoms with Gasteiger partial charge in [-0.1, -0.05) is 65.1 Å². The fraction of sp³-hybridized carbons (Fsp3) is 0.0294. The normalized spacial score (nSPS) is 12.1. The van der Waals surface area contributed by atoms with Gasteiger partial charge in [0.25, 0.3) is 0 Å². The number of hydrogen-bond donors (Lipinski definition) is 3. The highest BCUT2D eigenvalue weighted by molar-refractivity contribution is 6.37. The van der Waals surface area contributed by atoms with E-state index in [9.17, 15) is 4.79 Å². The molecule has 7 rings (SSSR count). The number of fused-ring (bicyclic) bond motifs is 8. The number of aliphatic carboxylic acids is 1. The van der Waals surface area contributed by atoms with Crippen molar-refractivity contribution >= 4 is 87.1 Å². The molecule has 3 N–H and O–H groups in total. The largest absolute Gasteiger partial charge is 0.482 e. The quantitative estimate of drug-likeness (QED) is 0.174. The van der Waals surface area contributed by atoms with Gasteiger partial charge >= 0.3 is 5.97 Å². The highest BCUT2D eigenvalue weighted by Gasteiger charge is 2.15. The summed E-state index contributed by atoms with van der Waals surface area (Å²) >= 11 is 20.5. The van der Waals surface area contributed by atoms with Crippen molar-refractivity contribution in [2.75, 3.05) is 6.61 Å². The van der Waals surface area contributed by atoms with Crippen molar-refractivity contribution in [3.05, 3.63) is 111 Å². The Labute approximate surface area is 266 Å². The molecule has 0 saturated heterocycles. The molecule has 0 atom stereocenters. The van der Waals surface area contributed by atoms with Gasteiger partial charge in [0.15, 0.2) is 6.61 Å². The lowest BCUT2D eigenvalue weighted by Crippen LogP contribution is -2.09. The van der Waals surface area contributed by atoms with Gasteiger partial charge in [0.1, 0.15) is 5.75 Å². The van der Waals surface area contributed by atoms with Crippen molar-refractivity contribution < 1.29 is 14.6 Å². The Morgan fingerprint density at radius 1 is 0.705 bits per heavy atom. The van der Waals surface area contributed by atoms with Crippen LogP contribution in [-0.2, 0) is 4.79 Å². The summed E-state index contributed by atoms with van der Waals surface area (Å²) in [6, 6.07) is 23.0. The summed E-state index contributed by atoms with van der Waals surface area (Å²) < 4.78 is 5.28. The first-order chi connectivity index (χ1) is 21.3. The molecule has 0 unspecified atom stereocenters. The molecule has 2 aliphatic heterocycles. The lowest BCUT2D eigenvalue weighted by molar-refractivity contribution is -0.139. The molecule has 2 aromatic carbocycles. The van der Waals surface area contributed by atoms with E-state index in [-0.39, 0.29) is 0 Å². The Bertz CT molecular complexity index is 2200. The molecule has 216 valence electrons. The van der Waals surface area contributed by atoms with E-state index in [1.165, 1.54) is 0 Å². The maximum atomic E-state index is 10.8. The number of aromatic nitrogens is 4. The van der Waals surface area contributed by atoms with Crippen LogP contribution in [0.4, 0.5) is 0 Å². The standard InChI is InChI=1S/C34H21Cl3N4O3/c35-31-25-9-6-21(38-25)15-22-16-24(20-3-1-2-19(14-20)18-4-7-23(8-5-18)44-17-30(42)43)34(39-22)33(37)29-13-12-28(41-29)32(36)27-11-10-26(31)40-27/h1-16,39-40H,17H2,(H,42,43). The van der Waals surface area contributed by atoms with Gasteiger partial charge in [0.05, 0.1) is 54.4 Å². The van der Waals surface area contributed by atoms with Crippen LogP contribution in [0.5, 0.6) is 5.75 Å². The number of halogens is 3. The topological polar surface area (TPSA) is 104 Å². The fourth-order valence-corrected chi connectivity index (χ4v) is 5.80. The fourth-order valence-electron chi connectivity index (χ4n) is 5.11. The van der Waals surface area contributed by atoms with Gasteiger partial charge in [0.2, 0.25) is 0 Å². The molecule has 5 aromatic rings. The number of ether oxygens (including phenoxy) is 1. The van der Waals surface area contributed by atoms with Crippen LogP contribution in [0.2, 0.25) is 15.1 Å². The lowest BCUT2D eigenvalue weighted by Gasteiger charge is -2.08. The molecule has 0 saturated carbocycles. The number of carbonyl (C=O) groups is 1. The third kappa shape index (κ3) is 5.37. The third-order valence-electron chi connectivity index (χ3n) is 7.22. The van der Waals surface area contributed by atoms with Crippen LogP contribution in [0, 0.1) is 0 Å². The maximum Gasteiger partial charge on any atom is 0.341 e. The minimum absolute atomic E-state index is 0.397. The van der Waals surface area contributed by atoms with Crippen LogP contribution in [-0.4, -0.2) is 37.6 Å². The van der Waals surface area contributed by atoms with Gasteiger partial charge in [-0.3, -0.25) is 0 Å². The van der Waals surface area contributed by atoms with E-state index in [1.807, 2.05) is 78.9 Å². The van der Waals surface area contributed by atoms with Gasteiger partial charge in [0, 0.05) is 11.1 Å². The summed E-state index contributed by atoms with van der Waals surface area (Å²) in [5.41, 5.74) is 9.07. The number of hydrogen-bond acceptors (Lipinski definition) is 4. The molecule has 8 bridgehead atoms. The number of carboxylic acid groups (broad SMARTS) is 1. The third-order valence-corrected chi connectivity index (χ3v) is 8.40. The molecule has 10 heteroatoms. The Morgan fingerprint density at radius 3 is 2.09 bits per heavy atom. The smallest absolute Gasteiger partial charge is 0.341 e. The second-order valence-electron chi connectivity index (χ2n) is 10.1. The maximum absolute atomic E-state index is 10.8. The molecule has 44 heavy (non-hydrogen) atoms. The summed E-state index contributed by atoms with van der Waals surface area (Å²) in [5, 5.41) is 10.2. The molecule has 0 spiro atoms. The Hall–Kier alpha value is -4.82. The zero-order valence-corrected chi connectivity index (χ0v) is 25.0. The summed E-state index contributed by atoms with van der Waals surface area (Å²) in [5.74, 6) is -0.545. The van der Waals surface area contributed by atoms with E-state index >= 15 is 0 Å². The van der Waals surface area contributed by atoms with Crippen LogP contribution in [0.15, 0.2) is 72.8 Å². The second kappa shape index (κ2) is 11.4. The van der Waals surface area contributed by atoms with Gasteiger partial charge in [-0.15, -0.1) is 0 Å². The van der Waals surface area contributed by atoms with Crippen molar-refractivity contribution in [2.45, 2.75) is 0 Å². The van der Waals surface area contributed by atoms with E-state index in [1.54, 1.807) is 12.1 Å². The number of benzene rings is 2. The molecule has 2 aliphatic rings. The zero-order valence-electron chi connectivity index (χ0n) is 22.7. The molecule has 3 aromatic heterocycles. The van der Waals surface area contributed by atoms with Crippen LogP contribution >= 0.6 is 34.8 Å². The van der Waals surface area contributed by atoms with Gasteiger partial charge < -0.3 is 19.8 Å². The van der Waals surface area contributed by atoms with Crippen molar-refractivity contribution in [1.29, 1.82) is 0 Å². The van der Waals surface area contributed by atoms with Crippen molar-refractivity contribution in [3.63, 3.8) is 0 Å². The van der Waals surface area contributed by atoms with Gasteiger partial charge in [-0.25, -0.2) is 14.8 Å². The number of nitrogens with one attached hydrogen (secondary N) is 2. The average Bonchev–Trinajstić information content (AvgIpc) is 3.86. The van der Waals surface area contributed by atoms with Crippen LogP contribution in [0.3, 0.4) is 0 Å². The van der Waals surface area contributed by atoms with E-state index in [2.05, 4.69) is 16.0 Å². The molecular weight excluding hydrogens is 619 g/mol. The monoisotopic (exact) mass is 638 g/mol. The van der Waals surface area contributed by atoms with Crippen molar-refractivity contribution in [1.82, 2.24) is 19.9 Å². The van der Waals surface area contributed by atoms with E-state index in [0.29, 0.717) is 54.4 Å². The molecule has 0 fully saturated rings. The van der Waals surface area contributed by atoms with E-state index < -0.39 is 12.6 Å². The molecule has 5 heterocycles. The Morgan fingerprint density at radius 2 is 1.36 bits per heavy atom. The molecular formula is C34H21Cl3N4O3. The number of nitrogens with zero attached hydrogens (tertiary/aromatic N) is 2. The molecule has 0 amide bonds. The SMILES string of the molecule is O=C(O)COc1ccc(-c2cccc(-c3cc4cc5nc(c(Cl)c6ccc([nH]6)c(Cl)c6nc(c(Cl)c3[nH]4)C=C6)C=C5)c2)cc1. The first kappa shape index (κ1) is 28.0. The van der Waals surface area contributed by atoms with Crippen LogP contribution < -0.4 is 4.74 Å². The van der Waals surface area contributed by atoms with E-state index in [0.717, 1.165) is 33.5 Å². The Kier molecular flexibility index (Phi) is 7.22. The van der Waals surface area contributed by atoms with Gasteiger partial charge in [-0.05, 0) is 83.5 Å². The summed E-state index contributed by atoms with van der Waals surface area (Å²) in [6.45, 7) is -0.397. The number of H-pyrrole nitrogens is 2. The summed E-state index contributed by atoms with van der Waals surface area (Å²) in [4.78, 5) is 27.0. The van der Waals surface area contributed by atoms with Crippen molar-refractivity contribution in [3.8, 4) is 28.0 Å². The highest BCUT2D eigenvalue weighted by Crippen LogP contribution is 2.36. The predicted molar refractivity (Wildman–Crippen MR) is 178 cm³/mol. The Balaban J connectivity index is 1.41. The average molecular weight is 640 g/mol. The van der Waals surface area contributed by atoms with E-state index in [4.69, 9.17) is 54.6 Å². The lowest BCUT2D eigenvalue weighted by atomic mass is 9.99. The number of rotatable bonds is 5.